The molecule has 0 spiro atoms. The first-order valence-electron chi connectivity index (χ1n) is 31.8. The minimum atomic E-state index is -4.30. The topological polar surface area (TPSA) is 391 Å². The summed E-state index contributed by atoms with van der Waals surface area (Å²) in [6.45, 7) is 24.4. The molecule has 10 bridgehead atoms. The number of esters is 6. The third kappa shape index (κ3) is 18.1. The van der Waals surface area contributed by atoms with Gasteiger partial charge in [0, 0.05) is 64.7 Å². The van der Waals surface area contributed by atoms with E-state index in [-0.39, 0.29) is 64.4 Å². The average Bonchev–Trinajstić information content (AvgIpc) is 1.72. The van der Waals surface area contributed by atoms with Gasteiger partial charge in [0.05, 0.1) is 59.8 Å². The summed E-state index contributed by atoms with van der Waals surface area (Å²) < 4.78 is 147. The van der Waals surface area contributed by atoms with Gasteiger partial charge in [-0.3, -0.25) is 26.9 Å². The monoisotopic (exact) mass is 1420 g/mol. The maximum atomic E-state index is 12.1. The Morgan fingerprint density at radius 3 is 1.26 bits per heavy atom. The summed E-state index contributed by atoms with van der Waals surface area (Å²) in [5.41, 5.74) is 1.12. The molecule has 13 rings (SSSR count). The van der Waals surface area contributed by atoms with Gasteiger partial charge in [-0.1, -0.05) is 40.2 Å². The Morgan fingerprint density at radius 2 is 0.916 bits per heavy atom. The van der Waals surface area contributed by atoms with Crippen LogP contribution in [0.5, 0.6) is 0 Å². The highest BCUT2D eigenvalue weighted by Crippen LogP contribution is 2.62. The van der Waals surface area contributed by atoms with Crippen LogP contribution in [0.25, 0.3) is 0 Å². The fourth-order valence-corrected chi connectivity index (χ4v) is 22.0. The molecule has 0 radical (unpaired) electrons. The predicted octanol–water partition coefficient (Wildman–Crippen LogP) is 3.44. The van der Waals surface area contributed by atoms with Crippen LogP contribution < -0.4 is 5.32 Å². The predicted molar refractivity (Wildman–Crippen MR) is 335 cm³/mol. The number of carbonyl (C=O) groups excluding carboxylic acids is 8. The van der Waals surface area contributed by atoms with Gasteiger partial charge in [0.15, 0.2) is 6.61 Å². The molecule has 13 fully saturated rings. The van der Waals surface area contributed by atoms with Crippen molar-refractivity contribution in [2.75, 3.05) is 53.7 Å². The minimum Gasteiger partial charge on any atom is -0.748 e. The van der Waals surface area contributed by atoms with E-state index in [2.05, 4.69) is 83.1 Å². The zero-order valence-corrected chi connectivity index (χ0v) is 58.9. The van der Waals surface area contributed by atoms with Crippen LogP contribution in [0.1, 0.15) is 119 Å². The lowest BCUT2D eigenvalue weighted by Crippen LogP contribution is -2.62. The molecule has 10 saturated carbocycles. The molecule has 15 atom stereocenters. The second kappa shape index (κ2) is 29.5. The maximum Gasteiger partial charge on any atom is 0.374 e. The van der Waals surface area contributed by atoms with Crippen molar-refractivity contribution in [3.8, 4) is 0 Å². The normalized spacial score (nSPS) is 35.7. The number of carbonyl (C=O) groups is 8. The number of nitrogens with zero attached hydrogens (tertiary/aromatic N) is 1. The Hall–Kier alpha value is -5.48. The van der Waals surface area contributed by atoms with E-state index in [4.69, 9.17) is 31.5 Å². The summed E-state index contributed by atoms with van der Waals surface area (Å²) in [5.74, 6) is -2.48. The lowest BCUT2D eigenvalue weighted by Gasteiger charge is -2.61. The van der Waals surface area contributed by atoms with Crippen LogP contribution in [0, 0.1) is 65.1 Å². The standard InChI is InChI=1S/C17H26O2.C13H17NO6S.C12H14O8S.C11H14O5S.C6H10O5S.C4H12N/c1-10(2)16(18)19-17(11(3)4)14-6-12-5-13(8-14)9-15(17)7-12;1-6(2)13(16)14-5-10(15)19-11-7-3-8-9(4-7)21(17,18)20-12(8)11;1-5(13)12(15)18-4-9(14)19-10-6-2-7-8(3-6)21(16,17)20-11(7)10;1-5(2)11(12)15-9-6-3-7-8(4-6)17(13,14)16-10(7)9;1-5(2)6(7)11-3-4-12(8,9)10;1-5(2,3)4/h11-15H,1,5-9H2,2-4H3;7-9,11-12H,1,3-5H2,2H3,(H,14,16);6-8,10-11H,2-4H2,1H3;6-10H,1,3-4H2,2H3;1,3-4H2,2H3,(H,8,9,10);1-4H3/q;;;;;+1/p-1. The second-order valence-electron chi connectivity index (χ2n) is 29.0. The summed E-state index contributed by atoms with van der Waals surface area (Å²) in [6.07, 6.45) is 6.89. The van der Waals surface area contributed by atoms with Crippen molar-refractivity contribution in [2.45, 2.75) is 177 Å². The Balaban J connectivity index is 0.000000166. The first-order chi connectivity index (χ1) is 43.7. The van der Waals surface area contributed by atoms with E-state index in [1.165, 1.54) is 46.0 Å². The molecule has 32 heteroatoms. The molecule has 534 valence electrons. The van der Waals surface area contributed by atoms with Crippen molar-refractivity contribution in [3.05, 3.63) is 48.6 Å². The molecule has 3 aliphatic heterocycles. The van der Waals surface area contributed by atoms with Gasteiger partial charge in [-0.2, -0.15) is 25.3 Å². The number of nitrogens with one attached hydrogen (secondary N) is 1. The van der Waals surface area contributed by atoms with Crippen molar-refractivity contribution in [2.24, 2.45) is 65.1 Å². The molecule has 3 saturated heterocycles. The van der Waals surface area contributed by atoms with E-state index < -0.39 is 148 Å². The molecule has 95 heavy (non-hydrogen) atoms. The van der Waals surface area contributed by atoms with Crippen molar-refractivity contribution in [1.29, 1.82) is 0 Å². The molecule has 10 aliphatic carbocycles. The first kappa shape index (κ1) is 76.9. The van der Waals surface area contributed by atoms with Crippen LogP contribution in [-0.2, 0) is 120 Å². The largest absolute Gasteiger partial charge is 0.748 e. The first-order valence-corrected chi connectivity index (χ1v) is 37.8. The number of ketones is 1. The maximum absolute atomic E-state index is 12.1. The fraction of sp³-hybridized carbons (Fsp3) is 0.746. The quantitative estimate of drug-likeness (QED) is 0.0414. The molecule has 28 nitrogen and oxygen atoms in total. The van der Waals surface area contributed by atoms with E-state index in [1.807, 2.05) is 0 Å². The zero-order chi connectivity index (χ0) is 71.2. The van der Waals surface area contributed by atoms with Crippen LogP contribution in [0.2, 0.25) is 0 Å². The second-order valence-corrected chi connectivity index (χ2v) is 35.8. The summed E-state index contributed by atoms with van der Waals surface area (Å²) in [5, 5.41) is 1.08. The number of Topliss-reactive ketones (excluding diaryl/α,β-unsaturated/α-hetero) is 1. The van der Waals surface area contributed by atoms with Crippen LogP contribution in [0.4, 0.5) is 0 Å². The van der Waals surface area contributed by atoms with Crippen LogP contribution in [0.15, 0.2) is 48.6 Å². The highest BCUT2D eigenvalue weighted by Gasteiger charge is 2.68. The summed E-state index contributed by atoms with van der Waals surface area (Å²) in [6, 6.07) is 0. The van der Waals surface area contributed by atoms with E-state index in [9.17, 15) is 76.6 Å². The molecular weight excluding hydrogens is 1330 g/mol. The van der Waals surface area contributed by atoms with E-state index in [0.29, 0.717) is 66.6 Å². The van der Waals surface area contributed by atoms with Gasteiger partial charge < -0.3 is 42.8 Å². The molecule has 1 amide bonds. The number of rotatable bonds is 17. The Kier molecular flexibility index (Phi) is 23.9. The third-order valence-electron chi connectivity index (χ3n) is 19.6. The van der Waals surface area contributed by atoms with Gasteiger partial charge in [0.25, 0.3) is 30.4 Å². The van der Waals surface area contributed by atoms with Gasteiger partial charge in [-0.25, -0.2) is 32.4 Å². The van der Waals surface area contributed by atoms with Gasteiger partial charge in [-0.15, -0.1) is 0 Å². The average molecular weight is 1420 g/mol. The van der Waals surface area contributed by atoms with Crippen LogP contribution in [-0.4, -0.2) is 202 Å². The molecule has 1 N–H and O–H groups in total. The number of ether oxygens (including phenoxy) is 6. The van der Waals surface area contributed by atoms with Gasteiger partial charge in [0.2, 0.25) is 11.7 Å². The molecule has 15 unspecified atom stereocenters. The number of fused-ring (bicyclic) bond motifs is 3. The number of hydrogen-bond donors (Lipinski definition) is 1. The molecule has 0 aromatic heterocycles. The summed E-state index contributed by atoms with van der Waals surface area (Å²) in [7, 11) is -6.30. The molecule has 13 aliphatic rings. The Labute approximate surface area is 557 Å². The Bertz CT molecular complexity index is 3400. The molecule has 0 aromatic carbocycles. The van der Waals surface area contributed by atoms with Crippen LogP contribution >= 0.6 is 0 Å². The van der Waals surface area contributed by atoms with Crippen LogP contribution in [0.3, 0.4) is 0 Å². The van der Waals surface area contributed by atoms with Gasteiger partial charge in [-0.05, 0) is 128 Å². The molecule has 0 aromatic rings. The molecule has 3 heterocycles. The number of amides is 1. The van der Waals surface area contributed by atoms with E-state index >= 15 is 0 Å². The summed E-state index contributed by atoms with van der Waals surface area (Å²) >= 11 is 0. The summed E-state index contributed by atoms with van der Waals surface area (Å²) in [4.78, 5) is 90.5. The SMILES string of the molecule is C=C(C)C(=O)NCC(=O)OC1C2CC3C1OS(=O)(=O)C3C2.C=C(C)C(=O)OC1(C(C)C)C2CC3CC(C2)CC1C3.C=C(C)C(=O)OC1C2CC3C1OS(=O)(=O)C3C2.C=C(C)C(=O)OCCS(=O)(=O)[O-].CC(=O)C(=O)OCC(=O)OC1C2CC3C1OS(=O)(=O)C3C2.C[N+](C)(C)C. The van der Waals surface area contributed by atoms with Crippen molar-refractivity contribution < 1.29 is 122 Å². The van der Waals surface area contributed by atoms with E-state index in [1.54, 1.807) is 13.8 Å². The number of hydrogen-bond acceptors (Lipinski definition) is 26. The van der Waals surface area contributed by atoms with Gasteiger partial charge >= 0.3 is 35.8 Å². The highest BCUT2D eigenvalue weighted by atomic mass is 32.2. The fourth-order valence-electron chi connectivity index (χ4n) is 16.0. The lowest BCUT2D eigenvalue weighted by atomic mass is 9.47. The zero-order valence-electron chi connectivity index (χ0n) is 55.7. The Morgan fingerprint density at radius 1 is 0.537 bits per heavy atom. The smallest absolute Gasteiger partial charge is 0.374 e. The number of quaternary nitrogens is 1. The van der Waals surface area contributed by atoms with Crippen molar-refractivity contribution >= 4 is 88.0 Å². The van der Waals surface area contributed by atoms with Gasteiger partial charge in [0.1, 0.15) is 55.4 Å². The van der Waals surface area contributed by atoms with Crippen molar-refractivity contribution in [1.82, 2.24) is 5.32 Å². The highest BCUT2D eigenvalue weighted by molar-refractivity contribution is 7.88. The third-order valence-corrected chi connectivity index (χ3v) is 25.6. The van der Waals surface area contributed by atoms with E-state index in [0.717, 1.165) is 29.7 Å². The minimum absolute atomic E-state index is 0.00733. The molecular formula is C63H92N2O26S4. The lowest BCUT2D eigenvalue weighted by molar-refractivity contribution is -0.849. The van der Waals surface area contributed by atoms with Crippen molar-refractivity contribution in [3.63, 3.8) is 0 Å².